The second-order valence-electron chi connectivity index (χ2n) is 3.50. The Labute approximate surface area is 109 Å². The molecule has 1 heterocycles. The van der Waals surface area contributed by atoms with Crippen molar-refractivity contribution < 1.29 is 5.11 Å². The van der Waals surface area contributed by atoms with Crippen LogP contribution in [-0.2, 0) is 19.4 Å². The van der Waals surface area contributed by atoms with E-state index in [0.29, 0.717) is 5.82 Å². The van der Waals surface area contributed by atoms with Crippen LogP contribution in [0.25, 0.3) is 0 Å². The summed E-state index contributed by atoms with van der Waals surface area (Å²) in [4.78, 5) is 0. The van der Waals surface area contributed by atoms with Crippen molar-refractivity contribution in [1.29, 1.82) is 0 Å². The molecule has 0 saturated carbocycles. The Kier molecular flexibility index (Phi) is 4.04. The third-order valence-electron chi connectivity index (χ3n) is 2.38. The van der Waals surface area contributed by atoms with E-state index in [1.54, 1.807) is 16.3 Å². The number of halogens is 1. The second kappa shape index (κ2) is 5.53. The molecule has 4 nitrogen and oxygen atoms in total. The van der Waals surface area contributed by atoms with Gasteiger partial charge in [-0.05, 0) is 11.6 Å². The monoisotopic (exact) mass is 269 g/mol. The maximum absolute atomic E-state index is 9.01. The minimum Gasteiger partial charge on any atom is -0.388 e. The van der Waals surface area contributed by atoms with E-state index in [1.165, 1.54) is 0 Å². The van der Waals surface area contributed by atoms with Crippen molar-refractivity contribution in [3.8, 4) is 0 Å². The molecule has 6 heteroatoms. The van der Waals surface area contributed by atoms with Gasteiger partial charge in [-0.15, -0.1) is 10.2 Å². The molecule has 90 valence electrons. The number of rotatable bonds is 4. The lowest BCUT2D eigenvalue weighted by molar-refractivity contribution is 0.266. The molecule has 0 fully saturated rings. The molecule has 1 N–H and O–H groups in total. The third kappa shape index (κ3) is 2.80. The van der Waals surface area contributed by atoms with E-state index < -0.39 is 0 Å². The van der Waals surface area contributed by atoms with Crippen molar-refractivity contribution in [2.45, 2.75) is 17.5 Å². The molecular formula is C11H12ClN3OS. The van der Waals surface area contributed by atoms with Crippen LogP contribution in [0.3, 0.4) is 0 Å². The van der Waals surface area contributed by atoms with Crippen molar-refractivity contribution in [2.24, 2.45) is 7.05 Å². The topological polar surface area (TPSA) is 50.9 Å². The zero-order valence-corrected chi connectivity index (χ0v) is 10.9. The number of thioether (sulfide) groups is 1. The summed E-state index contributed by atoms with van der Waals surface area (Å²) in [7, 11) is 1.83. The maximum atomic E-state index is 9.01. The number of hydrogen-bond donors (Lipinski definition) is 1. The summed E-state index contributed by atoms with van der Waals surface area (Å²) in [5.41, 5.74) is 1.06. The van der Waals surface area contributed by atoms with Gasteiger partial charge in [0.05, 0.1) is 0 Å². The van der Waals surface area contributed by atoms with Crippen LogP contribution in [0.5, 0.6) is 0 Å². The number of nitrogens with zero attached hydrogens (tertiary/aromatic N) is 3. The quantitative estimate of drug-likeness (QED) is 0.865. The fraction of sp³-hybridized carbons (Fsp3) is 0.273. The molecule has 0 bridgehead atoms. The summed E-state index contributed by atoms with van der Waals surface area (Å²) in [6.07, 6.45) is 0. The fourth-order valence-corrected chi connectivity index (χ4v) is 2.58. The Morgan fingerprint density at radius 3 is 2.76 bits per heavy atom. The van der Waals surface area contributed by atoms with E-state index in [9.17, 15) is 0 Å². The van der Waals surface area contributed by atoms with Gasteiger partial charge in [0.25, 0.3) is 0 Å². The normalized spacial score (nSPS) is 10.8. The summed E-state index contributed by atoms with van der Waals surface area (Å²) in [5.74, 6) is 1.29. The van der Waals surface area contributed by atoms with Gasteiger partial charge in [-0.2, -0.15) is 0 Å². The van der Waals surface area contributed by atoms with E-state index in [0.717, 1.165) is 21.5 Å². The second-order valence-corrected chi connectivity index (χ2v) is 4.85. The van der Waals surface area contributed by atoms with Gasteiger partial charge in [0.1, 0.15) is 6.61 Å². The minimum absolute atomic E-state index is 0.101. The summed E-state index contributed by atoms with van der Waals surface area (Å²) in [5, 5.41) is 18.4. The zero-order chi connectivity index (χ0) is 12.3. The SMILES string of the molecule is Cn1c(CO)nnc1SCc1ccccc1Cl. The van der Waals surface area contributed by atoms with Gasteiger partial charge in [-0.1, -0.05) is 41.6 Å². The summed E-state index contributed by atoms with van der Waals surface area (Å²) < 4.78 is 1.78. The number of benzene rings is 1. The van der Waals surface area contributed by atoms with Crippen LogP contribution in [0.15, 0.2) is 29.4 Å². The highest BCUT2D eigenvalue weighted by atomic mass is 35.5. The average Bonchev–Trinajstić information content (AvgIpc) is 2.69. The number of aliphatic hydroxyl groups is 1. The highest BCUT2D eigenvalue weighted by Gasteiger charge is 2.09. The van der Waals surface area contributed by atoms with E-state index >= 15 is 0 Å². The first kappa shape index (κ1) is 12.4. The molecule has 0 amide bonds. The Bertz CT molecular complexity index is 515. The molecule has 0 radical (unpaired) electrons. The van der Waals surface area contributed by atoms with Crippen LogP contribution in [0.4, 0.5) is 0 Å². The number of aromatic nitrogens is 3. The molecule has 0 aliphatic heterocycles. The van der Waals surface area contributed by atoms with Gasteiger partial charge in [0, 0.05) is 17.8 Å². The first-order chi connectivity index (χ1) is 8.22. The first-order valence-electron chi connectivity index (χ1n) is 5.07. The highest BCUT2D eigenvalue weighted by Crippen LogP contribution is 2.25. The Morgan fingerprint density at radius 1 is 1.35 bits per heavy atom. The van der Waals surface area contributed by atoms with Crippen molar-refractivity contribution in [2.75, 3.05) is 0 Å². The van der Waals surface area contributed by atoms with Crippen molar-refractivity contribution in [1.82, 2.24) is 14.8 Å². The molecular weight excluding hydrogens is 258 g/mol. The molecule has 17 heavy (non-hydrogen) atoms. The van der Waals surface area contributed by atoms with Crippen LogP contribution in [-0.4, -0.2) is 19.9 Å². The molecule has 0 unspecified atom stereocenters. The van der Waals surface area contributed by atoms with Gasteiger partial charge in [0.2, 0.25) is 0 Å². The molecule has 0 aliphatic rings. The van der Waals surface area contributed by atoms with Gasteiger partial charge < -0.3 is 9.67 Å². The lowest BCUT2D eigenvalue weighted by Crippen LogP contribution is -1.98. The zero-order valence-electron chi connectivity index (χ0n) is 9.30. The van der Waals surface area contributed by atoms with E-state index in [4.69, 9.17) is 16.7 Å². The minimum atomic E-state index is -0.101. The molecule has 0 aliphatic carbocycles. The van der Waals surface area contributed by atoms with Crippen LogP contribution in [0.2, 0.25) is 5.02 Å². The molecule has 1 aromatic carbocycles. The highest BCUT2D eigenvalue weighted by molar-refractivity contribution is 7.98. The fourth-order valence-electron chi connectivity index (χ4n) is 1.37. The molecule has 2 aromatic rings. The largest absolute Gasteiger partial charge is 0.388 e. The van der Waals surface area contributed by atoms with Crippen molar-refractivity contribution in [3.63, 3.8) is 0 Å². The van der Waals surface area contributed by atoms with Crippen LogP contribution in [0, 0.1) is 0 Å². The maximum Gasteiger partial charge on any atom is 0.191 e. The molecule has 0 spiro atoms. The Hall–Kier alpha value is -1.04. The predicted molar refractivity (Wildman–Crippen MR) is 67.9 cm³/mol. The third-order valence-corrected chi connectivity index (χ3v) is 3.82. The first-order valence-corrected chi connectivity index (χ1v) is 6.44. The average molecular weight is 270 g/mol. The smallest absolute Gasteiger partial charge is 0.191 e. The van der Waals surface area contributed by atoms with Crippen LogP contribution in [0.1, 0.15) is 11.4 Å². The Morgan fingerprint density at radius 2 is 2.12 bits per heavy atom. The van der Waals surface area contributed by atoms with Crippen LogP contribution < -0.4 is 0 Å². The number of hydrogen-bond acceptors (Lipinski definition) is 4. The predicted octanol–water partition coefficient (Wildman–Crippen LogP) is 2.25. The summed E-state index contributed by atoms with van der Waals surface area (Å²) in [6.45, 7) is -0.101. The lowest BCUT2D eigenvalue weighted by Gasteiger charge is -2.04. The van der Waals surface area contributed by atoms with Crippen molar-refractivity contribution >= 4 is 23.4 Å². The van der Waals surface area contributed by atoms with Crippen LogP contribution >= 0.6 is 23.4 Å². The summed E-state index contributed by atoms with van der Waals surface area (Å²) >= 11 is 7.61. The van der Waals surface area contributed by atoms with Gasteiger partial charge in [-0.25, -0.2) is 0 Å². The van der Waals surface area contributed by atoms with E-state index in [-0.39, 0.29) is 6.61 Å². The van der Waals surface area contributed by atoms with Gasteiger partial charge in [-0.3, -0.25) is 0 Å². The van der Waals surface area contributed by atoms with Gasteiger partial charge >= 0.3 is 0 Å². The molecule has 0 saturated heterocycles. The Balaban J connectivity index is 2.07. The van der Waals surface area contributed by atoms with Gasteiger partial charge in [0.15, 0.2) is 11.0 Å². The van der Waals surface area contributed by atoms with Crippen molar-refractivity contribution in [3.05, 3.63) is 40.7 Å². The molecule has 1 aromatic heterocycles. The van der Waals surface area contributed by atoms with E-state index in [2.05, 4.69) is 10.2 Å². The molecule has 0 atom stereocenters. The molecule has 2 rings (SSSR count). The lowest BCUT2D eigenvalue weighted by atomic mass is 10.2. The van der Waals surface area contributed by atoms with E-state index in [1.807, 2.05) is 31.3 Å². The standard InChI is InChI=1S/C11H12ClN3OS/c1-15-10(6-16)13-14-11(15)17-7-8-4-2-3-5-9(8)12/h2-5,16H,6-7H2,1H3. The number of aliphatic hydroxyl groups excluding tert-OH is 1. The summed E-state index contributed by atoms with van der Waals surface area (Å²) in [6, 6.07) is 7.71.